The number of sulfonamides is 1. The maximum Gasteiger partial charge on any atom is 0.431 e. The van der Waals surface area contributed by atoms with E-state index in [0.29, 0.717) is 18.1 Å². The molecule has 0 bridgehead atoms. The van der Waals surface area contributed by atoms with Gasteiger partial charge in [0.1, 0.15) is 4.58 Å². The molecular weight excluding hydrogens is 552 g/mol. The van der Waals surface area contributed by atoms with Crippen LogP contribution in [0.15, 0.2) is 40.0 Å². The minimum atomic E-state index is -5.29. The zero-order valence-corrected chi connectivity index (χ0v) is 20.6. The summed E-state index contributed by atoms with van der Waals surface area (Å²) in [5, 5.41) is 13.6. The van der Waals surface area contributed by atoms with Crippen molar-refractivity contribution in [3.05, 3.63) is 47.0 Å². The standard InChI is InChI=1S/C20H21F6N5O4S2/c1-11-9-30(14-3-2-12(27)8-13(14)19(21,22)23)6-7-31(11)37(33,34)16-5-4-15(36-16)18(32,20(24,25)26)17-28-10-29-35-17/h2-4,8,10-11,16,32H,5-7,9,27H2,1H3/t11-,16?,18?/m1/s1. The molecule has 0 aliphatic carbocycles. The summed E-state index contributed by atoms with van der Waals surface area (Å²) < 4.78 is 113. The number of nitrogen functional groups attached to an aromatic ring is 1. The molecule has 204 valence electrons. The molecule has 0 saturated carbocycles. The number of nitrogens with two attached hydrogens (primary N) is 1. The van der Waals surface area contributed by atoms with E-state index in [0.717, 1.165) is 16.4 Å². The maximum atomic E-state index is 13.8. The number of benzene rings is 1. The molecule has 2 aliphatic rings. The summed E-state index contributed by atoms with van der Waals surface area (Å²) in [5.74, 6) is -1.15. The molecule has 3 atom stereocenters. The van der Waals surface area contributed by atoms with E-state index >= 15 is 0 Å². The number of thioether (sulfide) groups is 1. The van der Waals surface area contributed by atoms with Gasteiger partial charge >= 0.3 is 12.4 Å². The summed E-state index contributed by atoms with van der Waals surface area (Å²) in [5.41, 5.74) is 0.641. The van der Waals surface area contributed by atoms with Crippen LogP contribution in [0.4, 0.5) is 37.7 Å². The first-order valence-corrected chi connectivity index (χ1v) is 13.1. The van der Waals surface area contributed by atoms with Crippen LogP contribution in [0.1, 0.15) is 24.8 Å². The monoisotopic (exact) mass is 573 g/mol. The van der Waals surface area contributed by atoms with Crippen molar-refractivity contribution in [1.82, 2.24) is 14.4 Å². The summed E-state index contributed by atoms with van der Waals surface area (Å²) >= 11 is 0.307. The number of hydrogen-bond donors (Lipinski definition) is 2. The number of rotatable bonds is 5. The first-order chi connectivity index (χ1) is 17.1. The summed E-state index contributed by atoms with van der Waals surface area (Å²) in [6.07, 6.45) is -8.70. The molecule has 3 heterocycles. The second-order valence-electron chi connectivity index (χ2n) is 8.53. The van der Waals surface area contributed by atoms with Gasteiger partial charge < -0.3 is 20.3 Å². The summed E-state index contributed by atoms with van der Waals surface area (Å²) in [6, 6.07) is 2.52. The fraction of sp³-hybridized carbons (Fsp3) is 0.500. The Balaban J connectivity index is 1.52. The Bertz CT molecular complexity index is 1290. The molecule has 4 rings (SSSR count). The normalized spacial score (nSPS) is 23.7. The van der Waals surface area contributed by atoms with Gasteiger partial charge in [-0.3, -0.25) is 0 Å². The Morgan fingerprint density at radius 1 is 1.19 bits per heavy atom. The van der Waals surface area contributed by atoms with Crippen LogP contribution in [0, 0.1) is 0 Å². The number of nitrogens with zero attached hydrogens (tertiary/aromatic N) is 4. The van der Waals surface area contributed by atoms with Crippen LogP contribution in [0.25, 0.3) is 0 Å². The Kier molecular flexibility index (Phi) is 6.96. The molecule has 0 spiro atoms. The van der Waals surface area contributed by atoms with E-state index in [1.807, 2.05) is 0 Å². The van der Waals surface area contributed by atoms with Crippen molar-refractivity contribution in [2.45, 2.75) is 41.9 Å². The molecule has 1 aromatic heterocycles. The van der Waals surface area contributed by atoms with E-state index in [1.165, 1.54) is 24.0 Å². The van der Waals surface area contributed by atoms with Crippen LogP contribution in [-0.4, -0.2) is 64.4 Å². The quantitative estimate of drug-likeness (QED) is 0.409. The van der Waals surface area contributed by atoms with Crippen molar-refractivity contribution in [2.24, 2.45) is 0 Å². The topological polar surface area (TPSA) is 126 Å². The number of aromatic nitrogens is 2. The first-order valence-electron chi connectivity index (χ1n) is 10.7. The third-order valence-corrected chi connectivity index (χ3v) is 10.3. The lowest BCUT2D eigenvalue weighted by Crippen LogP contribution is -2.55. The number of piperazine rings is 1. The predicted octanol–water partition coefficient (Wildman–Crippen LogP) is 3.31. The third kappa shape index (κ3) is 4.88. The van der Waals surface area contributed by atoms with E-state index in [-0.39, 0.29) is 37.4 Å². The van der Waals surface area contributed by atoms with Gasteiger partial charge in [0.15, 0.2) is 6.33 Å². The molecule has 0 radical (unpaired) electrons. The van der Waals surface area contributed by atoms with E-state index in [1.54, 1.807) is 0 Å². The molecular formula is C20H21F6N5O4S2. The molecule has 2 aromatic rings. The van der Waals surface area contributed by atoms with Crippen molar-refractivity contribution in [2.75, 3.05) is 30.3 Å². The molecule has 1 fully saturated rings. The minimum Gasteiger partial charge on any atom is -0.399 e. The second kappa shape index (κ2) is 9.36. The van der Waals surface area contributed by atoms with E-state index < -0.39 is 55.0 Å². The summed E-state index contributed by atoms with van der Waals surface area (Å²) in [7, 11) is -4.24. The van der Waals surface area contributed by atoms with E-state index in [9.17, 15) is 39.9 Å². The minimum absolute atomic E-state index is 0.0776. The van der Waals surface area contributed by atoms with Crippen LogP contribution >= 0.6 is 11.8 Å². The van der Waals surface area contributed by atoms with Gasteiger partial charge in [0, 0.05) is 42.0 Å². The van der Waals surface area contributed by atoms with Gasteiger partial charge in [0.2, 0.25) is 10.0 Å². The lowest BCUT2D eigenvalue weighted by Gasteiger charge is -2.41. The molecule has 9 nitrogen and oxygen atoms in total. The maximum absolute atomic E-state index is 13.8. The summed E-state index contributed by atoms with van der Waals surface area (Å²) in [6.45, 7) is 1.10. The molecule has 2 aliphatic heterocycles. The molecule has 0 amide bonds. The first kappa shape index (κ1) is 27.5. The lowest BCUT2D eigenvalue weighted by atomic mass is 10.0. The van der Waals surface area contributed by atoms with Crippen LogP contribution in [-0.2, 0) is 21.8 Å². The largest absolute Gasteiger partial charge is 0.431 e. The number of aliphatic hydroxyl groups is 1. The highest BCUT2D eigenvalue weighted by molar-refractivity contribution is 8.15. The van der Waals surface area contributed by atoms with Crippen LogP contribution in [0.3, 0.4) is 0 Å². The second-order valence-corrected chi connectivity index (χ2v) is 12.1. The Labute approximate surface area is 211 Å². The fourth-order valence-electron chi connectivity index (χ4n) is 4.30. The van der Waals surface area contributed by atoms with Crippen molar-refractivity contribution < 1.29 is 44.4 Å². The molecule has 3 N–H and O–H groups in total. The molecule has 17 heteroatoms. The average Bonchev–Trinajstić information content (AvgIpc) is 3.50. The zero-order chi connectivity index (χ0) is 27.4. The summed E-state index contributed by atoms with van der Waals surface area (Å²) in [4.78, 5) is 3.97. The van der Waals surface area contributed by atoms with Gasteiger partial charge in [-0.05, 0) is 31.5 Å². The number of halogens is 6. The SMILES string of the molecule is C[C@@H]1CN(c2ccc(N)cc2C(F)(F)F)CCN1S(=O)(=O)C1CC=C(C(O)(c2ncno2)C(F)(F)F)S1. The highest BCUT2D eigenvalue weighted by atomic mass is 32.3. The Hall–Kier alpha value is -2.50. The lowest BCUT2D eigenvalue weighted by molar-refractivity contribution is -0.255. The Morgan fingerprint density at radius 2 is 1.89 bits per heavy atom. The predicted molar refractivity (Wildman–Crippen MR) is 121 cm³/mol. The van der Waals surface area contributed by atoms with E-state index in [2.05, 4.69) is 14.7 Å². The molecule has 1 saturated heterocycles. The van der Waals surface area contributed by atoms with Crippen molar-refractivity contribution in [3.8, 4) is 0 Å². The Morgan fingerprint density at radius 3 is 2.46 bits per heavy atom. The molecule has 1 aromatic carbocycles. The third-order valence-electron chi connectivity index (χ3n) is 6.08. The highest BCUT2D eigenvalue weighted by Gasteiger charge is 2.63. The average molecular weight is 574 g/mol. The molecule has 2 unspecified atom stereocenters. The van der Waals surface area contributed by atoms with Gasteiger partial charge in [-0.2, -0.15) is 35.6 Å². The number of hydrogen-bond acceptors (Lipinski definition) is 9. The highest BCUT2D eigenvalue weighted by Crippen LogP contribution is 2.53. The number of alkyl halides is 6. The molecule has 37 heavy (non-hydrogen) atoms. The van der Waals surface area contributed by atoms with Gasteiger partial charge in [0.05, 0.1) is 5.56 Å². The van der Waals surface area contributed by atoms with E-state index in [4.69, 9.17) is 5.73 Å². The van der Waals surface area contributed by atoms with Gasteiger partial charge in [0.25, 0.3) is 11.5 Å². The zero-order valence-electron chi connectivity index (χ0n) is 19.0. The van der Waals surface area contributed by atoms with Crippen LogP contribution in [0.2, 0.25) is 0 Å². The smallest absolute Gasteiger partial charge is 0.399 e. The van der Waals surface area contributed by atoms with Crippen molar-refractivity contribution in [3.63, 3.8) is 0 Å². The van der Waals surface area contributed by atoms with Gasteiger partial charge in [-0.25, -0.2) is 8.42 Å². The van der Waals surface area contributed by atoms with Crippen molar-refractivity contribution in [1.29, 1.82) is 0 Å². The fourth-order valence-corrected chi connectivity index (χ4v) is 8.02. The van der Waals surface area contributed by atoms with Crippen LogP contribution < -0.4 is 10.6 Å². The van der Waals surface area contributed by atoms with Crippen LogP contribution in [0.5, 0.6) is 0 Å². The number of anilines is 2. The van der Waals surface area contributed by atoms with Crippen molar-refractivity contribution >= 4 is 33.2 Å². The van der Waals surface area contributed by atoms with Gasteiger partial charge in [-0.1, -0.05) is 11.2 Å². The van der Waals surface area contributed by atoms with Gasteiger partial charge in [-0.15, -0.1) is 11.8 Å². The number of allylic oxidation sites excluding steroid dienone is 1.